The quantitative estimate of drug-likeness (QED) is 0.677. The molecule has 0 N–H and O–H groups in total. The van der Waals surface area contributed by atoms with E-state index in [9.17, 15) is 4.39 Å². The molecule has 90 valence electrons. The fourth-order valence-electron chi connectivity index (χ4n) is 2.13. The molecule has 2 nitrogen and oxygen atoms in total. The number of halogens is 1. The first-order valence-electron chi connectivity index (χ1n) is 5.74. The average molecular weight is 241 g/mol. The lowest BCUT2D eigenvalue weighted by Gasteiger charge is -2.11. The van der Waals surface area contributed by atoms with Gasteiger partial charge in [0.25, 0.3) is 0 Å². The lowest BCUT2D eigenvalue weighted by molar-refractivity contribution is 0.191. The number of ether oxygens (including phenoxy) is 1. The van der Waals surface area contributed by atoms with Crippen LogP contribution in [0.4, 0.5) is 4.39 Å². The van der Waals surface area contributed by atoms with Crippen LogP contribution in [-0.2, 0) is 0 Å². The molecule has 0 radical (unpaired) electrons. The summed E-state index contributed by atoms with van der Waals surface area (Å²) >= 11 is 0. The first-order chi connectivity index (χ1) is 8.90. The van der Waals surface area contributed by atoms with Crippen molar-refractivity contribution >= 4 is 10.9 Å². The molecule has 3 rings (SSSR count). The highest BCUT2D eigenvalue weighted by molar-refractivity contribution is 5.82. The van der Waals surface area contributed by atoms with Gasteiger partial charge in [0.1, 0.15) is 5.75 Å². The fraction of sp³-hybridized carbons (Fsp3) is 0.0667. The minimum Gasteiger partial charge on any atom is -0.461 e. The van der Waals surface area contributed by atoms with Gasteiger partial charge in [-0.25, -0.2) is 4.39 Å². The summed E-state index contributed by atoms with van der Waals surface area (Å²) in [6, 6.07) is 17.5. The predicted molar refractivity (Wildman–Crippen MR) is 69.9 cm³/mol. The third-order valence-electron chi connectivity index (χ3n) is 2.93. The smallest absolute Gasteiger partial charge is 0.228 e. The van der Waals surface area contributed by atoms with Crippen LogP contribution in [0, 0.1) is 0 Å². The first-order valence-corrected chi connectivity index (χ1v) is 5.74. The number of hydrogen-bond donors (Lipinski definition) is 0. The summed E-state index contributed by atoms with van der Waals surface area (Å²) in [5, 5.41) is 1.15. The summed E-state index contributed by atoms with van der Waals surface area (Å²) in [6.07, 6.45) is 1.96. The van der Waals surface area contributed by atoms with E-state index in [0.29, 0.717) is 5.75 Å². The maximum absolute atomic E-state index is 12.4. The molecule has 0 aliphatic heterocycles. The normalized spacial score (nSPS) is 10.7. The van der Waals surface area contributed by atoms with Crippen molar-refractivity contribution in [1.82, 2.24) is 4.57 Å². The Balaban J connectivity index is 2.20. The summed E-state index contributed by atoms with van der Waals surface area (Å²) in [5.41, 5.74) is 1.92. The molecule has 0 fully saturated rings. The Labute approximate surface area is 104 Å². The molecule has 0 aliphatic rings. The van der Waals surface area contributed by atoms with E-state index in [2.05, 4.69) is 0 Å². The number of alkyl halides is 1. The van der Waals surface area contributed by atoms with Gasteiger partial charge in [-0.05, 0) is 29.7 Å². The Morgan fingerprint density at radius 3 is 2.61 bits per heavy atom. The SMILES string of the molecule is FCOc1ccccc1-n1ccc2ccccc21. The molecule has 0 unspecified atom stereocenters. The van der Waals surface area contributed by atoms with E-state index < -0.39 is 6.86 Å². The fourth-order valence-corrected chi connectivity index (χ4v) is 2.13. The van der Waals surface area contributed by atoms with Crippen molar-refractivity contribution in [3.63, 3.8) is 0 Å². The molecule has 3 heteroatoms. The Morgan fingerprint density at radius 2 is 1.72 bits per heavy atom. The van der Waals surface area contributed by atoms with E-state index in [1.807, 2.05) is 59.3 Å². The Kier molecular flexibility index (Phi) is 2.73. The highest BCUT2D eigenvalue weighted by Gasteiger charge is 2.07. The zero-order chi connectivity index (χ0) is 12.4. The van der Waals surface area contributed by atoms with E-state index in [1.54, 1.807) is 6.07 Å². The van der Waals surface area contributed by atoms with Crippen LogP contribution in [-0.4, -0.2) is 11.4 Å². The summed E-state index contributed by atoms with van der Waals surface area (Å²) in [7, 11) is 0. The van der Waals surface area contributed by atoms with Gasteiger partial charge in [-0.1, -0.05) is 30.3 Å². The summed E-state index contributed by atoms with van der Waals surface area (Å²) < 4.78 is 19.4. The molecule has 1 aromatic heterocycles. The Hall–Kier alpha value is -2.29. The van der Waals surface area contributed by atoms with Crippen LogP contribution in [0.5, 0.6) is 5.75 Å². The first kappa shape index (κ1) is 10.8. The van der Waals surface area contributed by atoms with Gasteiger partial charge in [-0.2, -0.15) is 0 Å². The van der Waals surface area contributed by atoms with Crippen LogP contribution in [0.1, 0.15) is 0 Å². The van der Waals surface area contributed by atoms with Gasteiger partial charge in [-0.15, -0.1) is 0 Å². The van der Waals surface area contributed by atoms with Gasteiger partial charge in [0.2, 0.25) is 6.86 Å². The molecule has 3 aromatic rings. The predicted octanol–water partition coefficient (Wildman–Crippen LogP) is 3.94. The maximum Gasteiger partial charge on any atom is 0.228 e. The summed E-state index contributed by atoms with van der Waals surface area (Å²) in [6.45, 7) is -0.823. The number of aromatic nitrogens is 1. The lowest BCUT2D eigenvalue weighted by atomic mass is 10.2. The van der Waals surface area contributed by atoms with Gasteiger partial charge in [0.05, 0.1) is 11.2 Å². The highest BCUT2D eigenvalue weighted by Crippen LogP contribution is 2.27. The number of rotatable bonds is 3. The average Bonchev–Trinajstić information content (AvgIpc) is 2.84. The molecule has 0 atom stereocenters. The topological polar surface area (TPSA) is 14.2 Å². The van der Waals surface area contributed by atoms with E-state index in [-0.39, 0.29) is 0 Å². The number of para-hydroxylation sites is 3. The standard InChI is InChI=1S/C15H12FNO/c16-11-18-15-8-4-3-7-14(15)17-10-9-12-5-1-2-6-13(12)17/h1-10H,11H2. The van der Waals surface area contributed by atoms with Gasteiger partial charge < -0.3 is 9.30 Å². The zero-order valence-electron chi connectivity index (χ0n) is 9.71. The molecule has 1 heterocycles. The molecule has 0 amide bonds. The molecule has 0 saturated heterocycles. The second kappa shape index (κ2) is 4.53. The van der Waals surface area contributed by atoms with Gasteiger partial charge >= 0.3 is 0 Å². The van der Waals surface area contributed by atoms with Crippen molar-refractivity contribution in [3.8, 4) is 11.4 Å². The third-order valence-corrected chi connectivity index (χ3v) is 2.93. The van der Waals surface area contributed by atoms with Crippen LogP contribution in [0.3, 0.4) is 0 Å². The Bertz CT molecular complexity index is 675. The third kappa shape index (κ3) is 1.74. The van der Waals surface area contributed by atoms with Crippen LogP contribution >= 0.6 is 0 Å². The summed E-state index contributed by atoms with van der Waals surface area (Å²) in [4.78, 5) is 0. The van der Waals surface area contributed by atoms with Gasteiger partial charge in [0, 0.05) is 6.20 Å². The van der Waals surface area contributed by atoms with Crippen molar-refractivity contribution in [1.29, 1.82) is 0 Å². The van der Waals surface area contributed by atoms with Crippen molar-refractivity contribution in [2.45, 2.75) is 0 Å². The number of nitrogens with zero attached hydrogens (tertiary/aromatic N) is 1. The molecule has 0 spiro atoms. The van der Waals surface area contributed by atoms with Gasteiger partial charge in [0.15, 0.2) is 0 Å². The minimum absolute atomic E-state index is 0.543. The molecule has 18 heavy (non-hydrogen) atoms. The van der Waals surface area contributed by atoms with Crippen molar-refractivity contribution in [2.75, 3.05) is 6.86 Å². The van der Waals surface area contributed by atoms with E-state index in [1.165, 1.54) is 0 Å². The lowest BCUT2D eigenvalue weighted by Crippen LogP contribution is -1.98. The van der Waals surface area contributed by atoms with Crippen molar-refractivity contribution in [3.05, 3.63) is 60.8 Å². The van der Waals surface area contributed by atoms with E-state index in [0.717, 1.165) is 16.6 Å². The van der Waals surface area contributed by atoms with Crippen LogP contribution in [0.25, 0.3) is 16.6 Å². The zero-order valence-corrected chi connectivity index (χ0v) is 9.71. The molecule has 0 saturated carbocycles. The van der Waals surface area contributed by atoms with E-state index in [4.69, 9.17) is 4.74 Å². The Morgan fingerprint density at radius 1 is 0.944 bits per heavy atom. The molecular formula is C15H12FNO. The van der Waals surface area contributed by atoms with Crippen molar-refractivity contribution in [2.24, 2.45) is 0 Å². The second-order valence-corrected chi connectivity index (χ2v) is 3.97. The number of hydrogen-bond acceptors (Lipinski definition) is 1. The number of benzene rings is 2. The highest BCUT2D eigenvalue weighted by atomic mass is 19.1. The minimum atomic E-state index is -0.823. The number of fused-ring (bicyclic) bond motifs is 1. The molecular weight excluding hydrogens is 229 g/mol. The molecule has 0 bridgehead atoms. The van der Waals surface area contributed by atoms with Crippen LogP contribution in [0.2, 0.25) is 0 Å². The van der Waals surface area contributed by atoms with Crippen molar-refractivity contribution < 1.29 is 9.13 Å². The monoisotopic (exact) mass is 241 g/mol. The summed E-state index contributed by atoms with van der Waals surface area (Å²) in [5.74, 6) is 0.543. The second-order valence-electron chi connectivity index (χ2n) is 3.97. The molecule has 2 aromatic carbocycles. The maximum atomic E-state index is 12.4. The van der Waals surface area contributed by atoms with E-state index >= 15 is 0 Å². The molecule has 0 aliphatic carbocycles. The van der Waals surface area contributed by atoms with Crippen LogP contribution in [0.15, 0.2) is 60.8 Å². The largest absolute Gasteiger partial charge is 0.461 e. The van der Waals surface area contributed by atoms with Crippen LogP contribution < -0.4 is 4.74 Å². The van der Waals surface area contributed by atoms with Gasteiger partial charge in [-0.3, -0.25) is 0 Å².